The molecule has 0 radical (unpaired) electrons. The maximum Gasteiger partial charge on any atom is 0.120 e. The van der Waals surface area contributed by atoms with Crippen molar-refractivity contribution in [3.05, 3.63) is 28.8 Å². The molecule has 1 aromatic carbocycles. The lowest BCUT2D eigenvalue weighted by molar-refractivity contribution is 0.143. The lowest BCUT2D eigenvalue weighted by Crippen LogP contribution is -2.14. The number of halogens is 1. The molecule has 0 fully saturated rings. The van der Waals surface area contributed by atoms with E-state index < -0.39 is 5.60 Å². The van der Waals surface area contributed by atoms with Gasteiger partial charge in [-0.25, -0.2) is 0 Å². The summed E-state index contributed by atoms with van der Waals surface area (Å²) in [6.07, 6.45) is 0. The Labute approximate surface area is 94.8 Å². The predicted molar refractivity (Wildman–Crippen MR) is 61.2 cm³/mol. The van der Waals surface area contributed by atoms with Gasteiger partial charge in [0, 0.05) is 5.56 Å². The molecule has 0 unspecified atom stereocenters. The molecular weight excluding hydrogens is 212 g/mol. The third-order valence-electron chi connectivity index (χ3n) is 1.68. The molecule has 0 aliphatic carbocycles. The summed E-state index contributed by atoms with van der Waals surface area (Å²) < 4.78 is 5.01. The highest BCUT2D eigenvalue weighted by Crippen LogP contribution is 2.21. The van der Waals surface area contributed by atoms with Crippen molar-refractivity contribution in [1.82, 2.24) is 0 Å². The van der Waals surface area contributed by atoms with Gasteiger partial charge in [-0.2, -0.15) is 0 Å². The number of ether oxygens (including phenoxy) is 1. The third kappa shape index (κ3) is 3.83. The molecule has 0 spiro atoms. The molecule has 0 aromatic heterocycles. The van der Waals surface area contributed by atoms with Crippen LogP contribution in [-0.4, -0.2) is 17.8 Å². The lowest BCUT2D eigenvalue weighted by atomic mass is 10.1. The van der Waals surface area contributed by atoms with E-state index in [9.17, 15) is 5.11 Å². The van der Waals surface area contributed by atoms with Gasteiger partial charge < -0.3 is 9.84 Å². The molecule has 0 bridgehead atoms. The largest absolute Gasteiger partial charge is 0.497 e. The monoisotopic (exact) mass is 224 g/mol. The number of rotatable bonds is 1. The van der Waals surface area contributed by atoms with Gasteiger partial charge in [-0.05, 0) is 32.0 Å². The van der Waals surface area contributed by atoms with Gasteiger partial charge in [-0.3, -0.25) is 0 Å². The van der Waals surface area contributed by atoms with Crippen LogP contribution in [0.2, 0.25) is 5.02 Å². The zero-order valence-corrected chi connectivity index (χ0v) is 9.72. The van der Waals surface area contributed by atoms with E-state index in [1.165, 1.54) is 0 Å². The van der Waals surface area contributed by atoms with Crippen molar-refractivity contribution in [2.45, 2.75) is 19.4 Å². The highest BCUT2D eigenvalue weighted by atomic mass is 35.5. The van der Waals surface area contributed by atoms with Crippen molar-refractivity contribution in [2.24, 2.45) is 0 Å². The van der Waals surface area contributed by atoms with Crippen molar-refractivity contribution in [3.8, 4) is 17.6 Å². The SMILES string of the molecule is COc1ccc(C#CC(C)(C)O)c(Cl)c1. The zero-order chi connectivity index (χ0) is 11.5. The van der Waals surface area contributed by atoms with Crippen molar-refractivity contribution in [1.29, 1.82) is 0 Å². The number of methoxy groups -OCH3 is 1. The summed E-state index contributed by atoms with van der Waals surface area (Å²) in [5.74, 6) is 6.20. The minimum absolute atomic E-state index is 0.520. The Hall–Kier alpha value is -1.17. The molecular formula is C12H13ClO2. The highest BCUT2D eigenvalue weighted by molar-refractivity contribution is 6.31. The van der Waals surface area contributed by atoms with Gasteiger partial charge >= 0.3 is 0 Å². The first-order chi connectivity index (χ1) is 6.92. The second kappa shape index (κ2) is 4.57. The van der Waals surface area contributed by atoms with Gasteiger partial charge in [0.15, 0.2) is 0 Å². The Bertz CT molecular complexity index is 408. The van der Waals surface area contributed by atoms with Crippen LogP contribution in [0.5, 0.6) is 5.75 Å². The van der Waals surface area contributed by atoms with E-state index in [0.29, 0.717) is 16.3 Å². The fraction of sp³-hybridized carbons (Fsp3) is 0.333. The summed E-state index contributed by atoms with van der Waals surface area (Å²) in [7, 11) is 1.58. The summed E-state index contributed by atoms with van der Waals surface area (Å²) >= 11 is 5.97. The molecule has 3 heteroatoms. The maximum absolute atomic E-state index is 9.43. The summed E-state index contributed by atoms with van der Waals surface area (Å²) in [4.78, 5) is 0. The van der Waals surface area contributed by atoms with Crippen LogP contribution in [0.25, 0.3) is 0 Å². The second-order valence-electron chi connectivity index (χ2n) is 3.65. The van der Waals surface area contributed by atoms with Crippen molar-refractivity contribution >= 4 is 11.6 Å². The van der Waals surface area contributed by atoms with Crippen LogP contribution in [0.15, 0.2) is 18.2 Å². The van der Waals surface area contributed by atoms with Crippen LogP contribution in [0.3, 0.4) is 0 Å². The predicted octanol–water partition coefficient (Wildman–Crippen LogP) is 2.47. The number of aliphatic hydroxyl groups is 1. The minimum Gasteiger partial charge on any atom is -0.497 e. The normalized spacial score (nSPS) is 10.5. The molecule has 0 aliphatic rings. The minimum atomic E-state index is -1.01. The van der Waals surface area contributed by atoms with Crippen molar-refractivity contribution < 1.29 is 9.84 Å². The van der Waals surface area contributed by atoms with Crippen LogP contribution < -0.4 is 4.74 Å². The van der Waals surface area contributed by atoms with E-state index in [4.69, 9.17) is 16.3 Å². The molecule has 0 aliphatic heterocycles. The van der Waals surface area contributed by atoms with E-state index in [-0.39, 0.29) is 0 Å². The van der Waals surface area contributed by atoms with Gasteiger partial charge in [0.25, 0.3) is 0 Å². The molecule has 0 atom stereocenters. The van der Waals surface area contributed by atoms with Crippen LogP contribution in [0.4, 0.5) is 0 Å². The van der Waals surface area contributed by atoms with Crippen molar-refractivity contribution in [2.75, 3.05) is 7.11 Å². The fourth-order valence-electron chi connectivity index (χ4n) is 0.944. The van der Waals surface area contributed by atoms with Gasteiger partial charge in [-0.15, -0.1) is 0 Å². The first-order valence-corrected chi connectivity index (χ1v) is 4.89. The van der Waals surface area contributed by atoms with E-state index >= 15 is 0 Å². The molecule has 2 nitrogen and oxygen atoms in total. The maximum atomic E-state index is 9.43. The van der Waals surface area contributed by atoms with E-state index in [1.807, 2.05) is 0 Å². The van der Waals surface area contributed by atoms with E-state index in [2.05, 4.69) is 11.8 Å². The summed E-state index contributed by atoms with van der Waals surface area (Å²) in [5, 5.41) is 9.95. The van der Waals surface area contributed by atoms with Crippen LogP contribution in [0, 0.1) is 11.8 Å². The topological polar surface area (TPSA) is 29.5 Å². The summed E-state index contributed by atoms with van der Waals surface area (Å²) in [6, 6.07) is 5.23. The molecule has 1 N–H and O–H groups in total. The standard InChI is InChI=1S/C12H13ClO2/c1-12(2,14)7-6-9-4-5-10(15-3)8-11(9)13/h4-5,8,14H,1-3H3. The van der Waals surface area contributed by atoms with E-state index in [0.717, 1.165) is 0 Å². The number of hydrogen-bond donors (Lipinski definition) is 1. The Morgan fingerprint density at radius 3 is 2.53 bits per heavy atom. The molecule has 0 saturated carbocycles. The van der Waals surface area contributed by atoms with Gasteiger partial charge in [0.05, 0.1) is 12.1 Å². The van der Waals surface area contributed by atoms with E-state index in [1.54, 1.807) is 39.2 Å². The van der Waals surface area contributed by atoms with Crippen LogP contribution >= 0.6 is 11.6 Å². The lowest BCUT2D eigenvalue weighted by Gasteiger charge is -2.06. The summed E-state index contributed by atoms with van der Waals surface area (Å²) in [6.45, 7) is 3.24. The van der Waals surface area contributed by atoms with Crippen molar-refractivity contribution in [3.63, 3.8) is 0 Å². The zero-order valence-electron chi connectivity index (χ0n) is 8.97. The van der Waals surface area contributed by atoms with Gasteiger partial charge in [-0.1, -0.05) is 23.4 Å². The molecule has 1 aromatic rings. The molecule has 0 amide bonds. The second-order valence-corrected chi connectivity index (χ2v) is 4.06. The Balaban J connectivity index is 3.01. The van der Waals surface area contributed by atoms with Gasteiger partial charge in [0.1, 0.15) is 11.4 Å². The molecule has 0 saturated heterocycles. The Kier molecular flexibility index (Phi) is 3.62. The highest BCUT2D eigenvalue weighted by Gasteiger charge is 2.06. The van der Waals surface area contributed by atoms with Crippen LogP contribution in [0.1, 0.15) is 19.4 Å². The molecule has 80 valence electrons. The molecule has 1 rings (SSSR count). The quantitative estimate of drug-likeness (QED) is 0.743. The first kappa shape index (κ1) is 11.9. The average Bonchev–Trinajstić information content (AvgIpc) is 2.14. The van der Waals surface area contributed by atoms with Crippen LogP contribution in [-0.2, 0) is 0 Å². The average molecular weight is 225 g/mol. The summed E-state index contributed by atoms with van der Waals surface area (Å²) in [5.41, 5.74) is -0.330. The Morgan fingerprint density at radius 1 is 1.40 bits per heavy atom. The first-order valence-electron chi connectivity index (χ1n) is 4.51. The fourth-order valence-corrected chi connectivity index (χ4v) is 1.16. The number of benzene rings is 1. The smallest absolute Gasteiger partial charge is 0.120 e. The third-order valence-corrected chi connectivity index (χ3v) is 1.99. The Morgan fingerprint density at radius 2 is 2.07 bits per heavy atom. The van der Waals surface area contributed by atoms with Gasteiger partial charge in [0.2, 0.25) is 0 Å². The number of hydrogen-bond acceptors (Lipinski definition) is 2. The molecule has 0 heterocycles. The molecule has 15 heavy (non-hydrogen) atoms.